The summed E-state index contributed by atoms with van der Waals surface area (Å²) in [5, 5.41) is 16.8. The van der Waals surface area contributed by atoms with Crippen LogP contribution in [0.15, 0.2) is 28.8 Å². The average Bonchev–Trinajstić information content (AvgIpc) is 3.17. The molecule has 0 saturated carbocycles. The van der Waals surface area contributed by atoms with E-state index in [4.69, 9.17) is 9.26 Å². The fraction of sp³-hybridized carbons (Fsp3) is 0.450. The number of methoxy groups -OCH3 is 1. The summed E-state index contributed by atoms with van der Waals surface area (Å²) >= 11 is 1.49. The molecule has 2 aromatic rings. The monoisotopic (exact) mass is 417 g/mol. The highest BCUT2D eigenvalue weighted by atomic mass is 32.2. The molecule has 8 nitrogen and oxygen atoms in total. The van der Waals surface area contributed by atoms with Crippen LogP contribution in [0.1, 0.15) is 26.5 Å². The largest absolute Gasteiger partial charge is 0.497 e. The SMILES string of the molecule is COc1ccc(-c2noc(C)c2N[C@@]2(C)C(=O)N3[C@@H](C(=O)O)C(C)(C)S[C@@H]32)cc1. The van der Waals surface area contributed by atoms with Crippen LogP contribution >= 0.6 is 11.8 Å². The summed E-state index contributed by atoms with van der Waals surface area (Å²) in [5.41, 5.74) is 1.08. The van der Waals surface area contributed by atoms with E-state index < -0.39 is 22.3 Å². The number of carboxylic acid groups (broad SMARTS) is 1. The number of nitrogens with zero attached hydrogens (tertiary/aromatic N) is 2. The van der Waals surface area contributed by atoms with Gasteiger partial charge in [-0.1, -0.05) is 5.16 Å². The van der Waals surface area contributed by atoms with Gasteiger partial charge in [-0.3, -0.25) is 4.79 Å². The molecule has 3 atom stereocenters. The molecule has 1 amide bonds. The van der Waals surface area contributed by atoms with Crippen molar-refractivity contribution in [3.63, 3.8) is 0 Å². The van der Waals surface area contributed by atoms with Crippen LogP contribution in [0.4, 0.5) is 5.69 Å². The Bertz CT molecular complexity index is 987. The Hall–Kier alpha value is -2.68. The molecule has 2 fully saturated rings. The van der Waals surface area contributed by atoms with Crippen LogP contribution in [0.25, 0.3) is 11.3 Å². The molecule has 0 bridgehead atoms. The Morgan fingerprint density at radius 1 is 1.31 bits per heavy atom. The van der Waals surface area contributed by atoms with Crippen molar-refractivity contribution < 1.29 is 24.0 Å². The molecule has 1 aromatic carbocycles. The van der Waals surface area contributed by atoms with E-state index in [1.54, 1.807) is 21.0 Å². The molecule has 2 aliphatic rings. The standard InChI is InChI=1S/C20H23N3O5S/c1-10-13(14(22-28-10)11-6-8-12(27-5)9-7-11)21-20(4)17(26)23-15(16(24)25)19(2,3)29-18(20)23/h6-9,15,18,21H,1-5H3,(H,24,25)/t15-,18+,20-/m0/s1. The van der Waals surface area contributed by atoms with E-state index in [9.17, 15) is 14.7 Å². The molecule has 1 aromatic heterocycles. The lowest BCUT2D eigenvalue weighted by molar-refractivity contribution is -0.163. The van der Waals surface area contributed by atoms with Crippen LogP contribution < -0.4 is 10.1 Å². The minimum atomic E-state index is -0.986. The number of hydrogen-bond donors (Lipinski definition) is 2. The highest BCUT2D eigenvalue weighted by Gasteiger charge is 2.69. The van der Waals surface area contributed by atoms with E-state index in [2.05, 4.69) is 10.5 Å². The van der Waals surface area contributed by atoms with E-state index in [1.807, 2.05) is 38.1 Å². The topological polar surface area (TPSA) is 105 Å². The summed E-state index contributed by atoms with van der Waals surface area (Å²) in [7, 11) is 1.60. The first-order chi connectivity index (χ1) is 13.6. The summed E-state index contributed by atoms with van der Waals surface area (Å²) in [6, 6.07) is 6.53. The fourth-order valence-corrected chi connectivity index (χ4v) is 5.71. The van der Waals surface area contributed by atoms with Crippen molar-refractivity contribution in [3.05, 3.63) is 30.0 Å². The second kappa shape index (κ2) is 6.41. The maximum absolute atomic E-state index is 13.1. The van der Waals surface area contributed by atoms with Gasteiger partial charge >= 0.3 is 5.97 Å². The van der Waals surface area contributed by atoms with Crippen LogP contribution in [0.3, 0.4) is 0 Å². The lowest BCUT2D eigenvalue weighted by Gasteiger charge is -2.51. The molecule has 2 N–H and O–H groups in total. The van der Waals surface area contributed by atoms with E-state index >= 15 is 0 Å². The number of carbonyl (C=O) groups excluding carboxylic acids is 1. The smallest absolute Gasteiger partial charge is 0.327 e. The van der Waals surface area contributed by atoms with Gasteiger partial charge in [0.15, 0.2) is 5.76 Å². The molecule has 9 heteroatoms. The molecule has 0 unspecified atom stereocenters. The predicted octanol–water partition coefficient (Wildman–Crippen LogP) is 2.98. The number of aliphatic carboxylic acids is 1. The van der Waals surface area contributed by atoms with E-state index in [0.29, 0.717) is 17.1 Å². The van der Waals surface area contributed by atoms with Crippen molar-refractivity contribution in [2.24, 2.45) is 0 Å². The molecule has 154 valence electrons. The molecule has 4 rings (SSSR count). The summed E-state index contributed by atoms with van der Waals surface area (Å²) in [6.07, 6.45) is 0. The second-order valence-electron chi connectivity index (χ2n) is 8.05. The third-order valence-corrected chi connectivity index (χ3v) is 7.37. The summed E-state index contributed by atoms with van der Waals surface area (Å²) < 4.78 is 10.0. The van der Waals surface area contributed by atoms with Crippen molar-refractivity contribution in [3.8, 4) is 17.0 Å². The molecular formula is C20H23N3O5S. The maximum atomic E-state index is 13.1. The predicted molar refractivity (Wildman–Crippen MR) is 109 cm³/mol. The number of thioether (sulfide) groups is 1. The first-order valence-electron chi connectivity index (χ1n) is 9.22. The summed E-state index contributed by atoms with van der Waals surface area (Å²) in [6.45, 7) is 7.29. The van der Waals surface area contributed by atoms with E-state index in [1.165, 1.54) is 16.7 Å². The van der Waals surface area contributed by atoms with Gasteiger partial charge in [0.2, 0.25) is 0 Å². The number of aryl methyl sites for hydroxylation is 1. The highest BCUT2D eigenvalue weighted by Crippen LogP contribution is 2.56. The number of nitrogens with one attached hydrogen (secondary N) is 1. The van der Waals surface area contributed by atoms with Gasteiger partial charge in [-0.15, -0.1) is 11.8 Å². The number of fused-ring (bicyclic) bond motifs is 1. The number of rotatable bonds is 5. The Kier molecular flexibility index (Phi) is 4.34. The molecule has 29 heavy (non-hydrogen) atoms. The molecule has 2 aliphatic heterocycles. The van der Waals surface area contributed by atoms with Crippen molar-refractivity contribution in [2.45, 2.75) is 49.4 Å². The van der Waals surface area contributed by atoms with Gasteiger partial charge < -0.3 is 24.6 Å². The normalized spacial score (nSPS) is 27.3. The number of carboxylic acids is 1. The zero-order chi connectivity index (χ0) is 21.1. The molecule has 3 heterocycles. The number of anilines is 1. The number of carbonyl (C=O) groups is 2. The number of benzene rings is 1. The molecule has 0 aliphatic carbocycles. The lowest BCUT2D eigenvalue weighted by Crippen LogP contribution is -2.75. The van der Waals surface area contributed by atoms with E-state index in [-0.39, 0.29) is 11.3 Å². The highest BCUT2D eigenvalue weighted by molar-refractivity contribution is 8.01. The van der Waals surface area contributed by atoms with Crippen molar-refractivity contribution in [1.29, 1.82) is 0 Å². The number of β-lactam (4-membered cyclic amide) rings is 1. The van der Waals surface area contributed by atoms with Gasteiger partial charge in [-0.2, -0.15) is 0 Å². The first kappa shape index (κ1) is 19.6. The molecule has 0 radical (unpaired) electrons. The second-order valence-corrected chi connectivity index (χ2v) is 9.78. The number of aromatic nitrogens is 1. The summed E-state index contributed by atoms with van der Waals surface area (Å²) in [4.78, 5) is 26.3. The Morgan fingerprint density at radius 3 is 2.55 bits per heavy atom. The van der Waals surface area contributed by atoms with Crippen LogP contribution in [-0.4, -0.2) is 55.9 Å². The Balaban J connectivity index is 1.66. The number of ether oxygens (including phenoxy) is 1. The third-order valence-electron chi connectivity index (χ3n) is 5.62. The zero-order valence-electron chi connectivity index (χ0n) is 16.8. The van der Waals surface area contributed by atoms with E-state index in [0.717, 1.165) is 11.3 Å². The van der Waals surface area contributed by atoms with Gasteiger partial charge in [0.1, 0.15) is 34.1 Å². The molecule has 0 spiro atoms. The average molecular weight is 417 g/mol. The molecule has 2 saturated heterocycles. The van der Waals surface area contributed by atoms with Crippen LogP contribution in [0.5, 0.6) is 5.75 Å². The van der Waals surface area contributed by atoms with Gasteiger partial charge in [-0.25, -0.2) is 4.79 Å². The van der Waals surface area contributed by atoms with Gasteiger partial charge in [-0.05, 0) is 52.0 Å². The van der Waals surface area contributed by atoms with Crippen LogP contribution in [0, 0.1) is 6.92 Å². The van der Waals surface area contributed by atoms with Gasteiger partial charge in [0.25, 0.3) is 5.91 Å². The van der Waals surface area contributed by atoms with Crippen LogP contribution in [-0.2, 0) is 9.59 Å². The van der Waals surface area contributed by atoms with Crippen molar-refractivity contribution in [2.75, 3.05) is 12.4 Å². The van der Waals surface area contributed by atoms with Crippen LogP contribution in [0.2, 0.25) is 0 Å². The first-order valence-corrected chi connectivity index (χ1v) is 10.1. The van der Waals surface area contributed by atoms with Crippen molar-refractivity contribution >= 4 is 29.3 Å². The Morgan fingerprint density at radius 2 is 1.97 bits per heavy atom. The minimum absolute atomic E-state index is 0.241. The summed E-state index contributed by atoms with van der Waals surface area (Å²) in [5.74, 6) is 0.0552. The zero-order valence-corrected chi connectivity index (χ0v) is 17.7. The lowest BCUT2D eigenvalue weighted by atomic mass is 9.85. The maximum Gasteiger partial charge on any atom is 0.327 e. The number of hydrogen-bond acceptors (Lipinski definition) is 7. The van der Waals surface area contributed by atoms with Gasteiger partial charge in [0, 0.05) is 10.3 Å². The fourth-order valence-electron chi connectivity index (χ4n) is 4.06. The van der Waals surface area contributed by atoms with Gasteiger partial charge in [0.05, 0.1) is 7.11 Å². The quantitative estimate of drug-likeness (QED) is 0.716. The minimum Gasteiger partial charge on any atom is -0.497 e. The third kappa shape index (κ3) is 2.78. The number of amides is 1. The van der Waals surface area contributed by atoms with Crippen molar-refractivity contribution in [1.82, 2.24) is 10.1 Å². The molecular weight excluding hydrogens is 394 g/mol. The Labute approximate surface area is 172 Å².